The normalized spacial score (nSPS) is 20.8. The number of hydrogen-bond acceptors (Lipinski definition) is 2. The molecule has 19 heavy (non-hydrogen) atoms. The predicted molar refractivity (Wildman–Crippen MR) is 88.9 cm³/mol. The van der Waals surface area contributed by atoms with E-state index in [2.05, 4.69) is 47.8 Å². The van der Waals surface area contributed by atoms with Crippen molar-refractivity contribution in [3.05, 3.63) is 0 Å². The van der Waals surface area contributed by atoms with E-state index in [1.165, 1.54) is 38.8 Å². The second kappa shape index (κ2) is 8.23. The summed E-state index contributed by atoms with van der Waals surface area (Å²) < 4.78 is 9.11. The molecule has 0 N–H and O–H groups in total. The van der Waals surface area contributed by atoms with Crippen LogP contribution in [0.3, 0.4) is 0 Å². The van der Waals surface area contributed by atoms with E-state index in [0.717, 1.165) is 12.1 Å². The third kappa shape index (κ3) is 4.10. The minimum atomic E-state index is -2.28. The molecule has 0 amide bonds. The van der Waals surface area contributed by atoms with Gasteiger partial charge in [0, 0.05) is 0 Å². The molecule has 0 aliphatic carbocycles. The van der Waals surface area contributed by atoms with Gasteiger partial charge in [-0.3, -0.25) is 0 Å². The van der Waals surface area contributed by atoms with E-state index in [4.69, 9.17) is 0 Å². The molecule has 114 valence electrons. The Bertz CT molecular complexity index is 227. The minimum absolute atomic E-state index is 0.758. The Kier molecular flexibility index (Phi) is 7.70. The molecule has 1 rings (SSSR count). The number of rotatable bonds is 8. The Labute approximate surface area is 126 Å². The zero-order valence-corrected chi connectivity index (χ0v) is 17.1. The summed E-state index contributed by atoms with van der Waals surface area (Å²) in [7, 11) is 0. The SMILES string of the molecule is CCC[CH2][Sn]1([CH2]CCC)[N](C(C)C)CC[N]1C(C)C. The first-order valence-electron chi connectivity index (χ1n) is 8.53. The van der Waals surface area contributed by atoms with Crippen LogP contribution in [0.25, 0.3) is 0 Å². The van der Waals surface area contributed by atoms with E-state index in [-0.39, 0.29) is 0 Å². The molecule has 2 nitrogen and oxygen atoms in total. The van der Waals surface area contributed by atoms with Crippen LogP contribution in [0.15, 0.2) is 0 Å². The standard InChI is InChI=1S/C8H18N2.2C4H9.Sn/c1-7(2)9-5-6-10-8(3)4;2*1-3-4-2;/h7-8H,5-6H2,1-4H3;2*1,3-4H2,2H3;/q-2;;;+2. The van der Waals surface area contributed by atoms with E-state index < -0.39 is 18.9 Å². The van der Waals surface area contributed by atoms with E-state index in [1.54, 1.807) is 8.87 Å². The number of unbranched alkanes of at least 4 members (excludes halogenated alkanes) is 2. The van der Waals surface area contributed by atoms with Crippen LogP contribution < -0.4 is 0 Å². The van der Waals surface area contributed by atoms with Gasteiger partial charge in [0.2, 0.25) is 0 Å². The van der Waals surface area contributed by atoms with Gasteiger partial charge in [0.1, 0.15) is 0 Å². The van der Waals surface area contributed by atoms with E-state index in [1.807, 2.05) is 0 Å². The van der Waals surface area contributed by atoms with Crippen molar-refractivity contribution < 1.29 is 0 Å². The molecule has 1 aliphatic heterocycles. The van der Waals surface area contributed by atoms with Crippen LogP contribution in [0.2, 0.25) is 8.87 Å². The molecule has 0 aromatic rings. The quantitative estimate of drug-likeness (QED) is 0.578. The summed E-state index contributed by atoms with van der Waals surface area (Å²) in [6, 6.07) is 1.52. The molecule has 0 unspecified atom stereocenters. The molecule has 3 heteroatoms. The molecule has 1 saturated heterocycles. The molecule has 1 fully saturated rings. The van der Waals surface area contributed by atoms with Gasteiger partial charge in [-0.15, -0.1) is 0 Å². The van der Waals surface area contributed by atoms with Crippen LogP contribution in [0.5, 0.6) is 0 Å². The van der Waals surface area contributed by atoms with Crippen LogP contribution in [0.1, 0.15) is 67.2 Å². The van der Waals surface area contributed by atoms with Gasteiger partial charge in [0.15, 0.2) is 0 Å². The van der Waals surface area contributed by atoms with Gasteiger partial charge in [0.05, 0.1) is 0 Å². The van der Waals surface area contributed by atoms with Gasteiger partial charge in [-0.2, -0.15) is 0 Å². The third-order valence-electron chi connectivity index (χ3n) is 4.76. The molecule has 0 radical (unpaired) electrons. The first kappa shape index (κ1) is 17.8. The maximum atomic E-state index is 3.00. The average molecular weight is 375 g/mol. The fourth-order valence-corrected chi connectivity index (χ4v) is 22.5. The fourth-order valence-electron chi connectivity index (χ4n) is 3.89. The fraction of sp³-hybridized carbons (Fsp3) is 1.00. The molecule has 0 aromatic carbocycles. The zero-order chi connectivity index (χ0) is 14.5. The van der Waals surface area contributed by atoms with Gasteiger partial charge in [-0.1, -0.05) is 0 Å². The number of hydrogen-bond donors (Lipinski definition) is 0. The van der Waals surface area contributed by atoms with Crippen molar-refractivity contribution in [3.8, 4) is 0 Å². The van der Waals surface area contributed by atoms with Crippen LogP contribution in [0.4, 0.5) is 0 Å². The summed E-state index contributed by atoms with van der Waals surface area (Å²) >= 11 is -2.28. The molecular formula is C16H36N2Sn. The molecule has 0 aromatic heterocycles. The second-order valence-corrected chi connectivity index (χ2v) is 18.5. The van der Waals surface area contributed by atoms with E-state index in [9.17, 15) is 0 Å². The van der Waals surface area contributed by atoms with Crippen LogP contribution in [-0.4, -0.2) is 50.3 Å². The van der Waals surface area contributed by atoms with Crippen molar-refractivity contribution >= 4 is 18.9 Å². The van der Waals surface area contributed by atoms with Crippen molar-refractivity contribution in [2.45, 2.75) is 88.2 Å². The summed E-state index contributed by atoms with van der Waals surface area (Å²) in [5.74, 6) is 0. The molecule has 1 heterocycles. The molecule has 0 saturated carbocycles. The van der Waals surface area contributed by atoms with E-state index in [0.29, 0.717) is 0 Å². The van der Waals surface area contributed by atoms with Gasteiger partial charge in [0.25, 0.3) is 0 Å². The number of nitrogens with zero attached hydrogens (tertiary/aromatic N) is 2. The molecule has 1 aliphatic rings. The van der Waals surface area contributed by atoms with Gasteiger partial charge in [-0.25, -0.2) is 0 Å². The van der Waals surface area contributed by atoms with Crippen molar-refractivity contribution in [2.24, 2.45) is 0 Å². The van der Waals surface area contributed by atoms with Gasteiger partial charge in [-0.05, 0) is 0 Å². The van der Waals surface area contributed by atoms with Gasteiger partial charge < -0.3 is 0 Å². The van der Waals surface area contributed by atoms with E-state index >= 15 is 0 Å². The monoisotopic (exact) mass is 376 g/mol. The average Bonchev–Trinajstić information content (AvgIpc) is 2.73. The molecule has 0 spiro atoms. The Morgan fingerprint density at radius 2 is 1.16 bits per heavy atom. The third-order valence-corrected chi connectivity index (χ3v) is 21.7. The first-order chi connectivity index (χ1) is 8.99. The maximum absolute atomic E-state index is 3.00. The topological polar surface area (TPSA) is 6.48 Å². The summed E-state index contributed by atoms with van der Waals surface area (Å²) in [6.45, 7) is 17.1. The van der Waals surface area contributed by atoms with Crippen molar-refractivity contribution in [1.82, 2.24) is 6.24 Å². The molecule has 0 atom stereocenters. The Balaban J connectivity index is 2.99. The Hall–Kier alpha value is 0.719. The summed E-state index contributed by atoms with van der Waals surface area (Å²) in [5, 5.41) is 0. The first-order valence-corrected chi connectivity index (χ1v) is 15.1. The Morgan fingerprint density at radius 1 is 0.789 bits per heavy atom. The molecule has 0 bridgehead atoms. The molecular weight excluding hydrogens is 339 g/mol. The second-order valence-electron chi connectivity index (χ2n) is 6.76. The summed E-state index contributed by atoms with van der Waals surface area (Å²) in [6.07, 6.45) is 5.63. The van der Waals surface area contributed by atoms with Crippen LogP contribution in [-0.2, 0) is 0 Å². The van der Waals surface area contributed by atoms with Gasteiger partial charge >= 0.3 is 126 Å². The van der Waals surface area contributed by atoms with Crippen molar-refractivity contribution in [3.63, 3.8) is 0 Å². The summed E-state index contributed by atoms with van der Waals surface area (Å²) in [5.41, 5.74) is 0. The zero-order valence-electron chi connectivity index (χ0n) is 14.2. The Morgan fingerprint density at radius 3 is 1.42 bits per heavy atom. The van der Waals surface area contributed by atoms with Crippen LogP contribution >= 0.6 is 0 Å². The van der Waals surface area contributed by atoms with Crippen molar-refractivity contribution in [1.29, 1.82) is 0 Å². The summed E-state index contributed by atoms with van der Waals surface area (Å²) in [4.78, 5) is 0. The van der Waals surface area contributed by atoms with Crippen LogP contribution in [0, 0.1) is 0 Å². The van der Waals surface area contributed by atoms with Crippen molar-refractivity contribution in [2.75, 3.05) is 13.1 Å². The predicted octanol–water partition coefficient (Wildman–Crippen LogP) is 4.46.